The van der Waals surface area contributed by atoms with Crippen molar-refractivity contribution in [2.24, 2.45) is 0 Å². The van der Waals surface area contributed by atoms with Gasteiger partial charge in [-0.25, -0.2) is 9.37 Å². The SMILES string of the molecule is C=C(C)c1cc(C2(C)CCCCC2)cc(-c2ccc(F)cc2)n1. The minimum Gasteiger partial charge on any atom is -0.248 e. The van der Waals surface area contributed by atoms with E-state index in [2.05, 4.69) is 25.6 Å². The Morgan fingerprint density at radius 1 is 1.09 bits per heavy atom. The molecule has 1 fully saturated rings. The normalized spacial score (nSPS) is 17.0. The minimum atomic E-state index is -0.218. The van der Waals surface area contributed by atoms with Crippen LogP contribution in [0.15, 0.2) is 43.0 Å². The van der Waals surface area contributed by atoms with Gasteiger partial charge in [0, 0.05) is 5.56 Å². The number of pyridine rings is 1. The summed E-state index contributed by atoms with van der Waals surface area (Å²) < 4.78 is 13.2. The summed E-state index contributed by atoms with van der Waals surface area (Å²) in [4.78, 5) is 4.74. The Balaban J connectivity index is 2.09. The molecule has 1 aromatic heterocycles. The van der Waals surface area contributed by atoms with Crippen LogP contribution in [0.2, 0.25) is 0 Å². The molecule has 0 N–H and O–H groups in total. The summed E-state index contributed by atoms with van der Waals surface area (Å²) in [5.41, 5.74) is 5.32. The van der Waals surface area contributed by atoms with E-state index in [-0.39, 0.29) is 11.2 Å². The van der Waals surface area contributed by atoms with Crippen LogP contribution in [0.5, 0.6) is 0 Å². The van der Waals surface area contributed by atoms with E-state index < -0.39 is 0 Å². The molecule has 1 saturated carbocycles. The van der Waals surface area contributed by atoms with Gasteiger partial charge < -0.3 is 0 Å². The van der Waals surface area contributed by atoms with Crippen LogP contribution in [-0.4, -0.2) is 4.98 Å². The molecule has 0 bridgehead atoms. The van der Waals surface area contributed by atoms with Crippen molar-refractivity contribution in [3.63, 3.8) is 0 Å². The van der Waals surface area contributed by atoms with E-state index in [0.29, 0.717) is 0 Å². The van der Waals surface area contributed by atoms with E-state index in [9.17, 15) is 4.39 Å². The summed E-state index contributed by atoms with van der Waals surface area (Å²) >= 11 is 0. The van der Waals surface area contributed by atoms with E-state index in [1.165, 1.54) is 49.8 Å². The average Bonchev–Trinajstić information content (AvgIpc) is 2.56. The molecule has 1 aliphatic rings. The molecule has 3 rings (SSSR count). The van der Waals surface area contributed by atoms with Crippen molar-refractivity contribution in [2.75, 3.05) is 0 Å². The third-order valence-corrected chi connectivity index (χ3v) is 5.06. The van der Waals surface area contributed by atoms with Gasteiger partial charge in [-0.3, -0.25) is 0 Å². The molecular formula is C21H24FN. The van der Waals surface area contributed by atoms with E-state index >= 15 is 0 Å². The van der Waals surface area contributed by atoms with Gasteiger partial charge in [0.25, 0.3) is 0 Å². The second kappa shape index (κ2) is 6.27. The molecule has 0 radical (unpaired) electrons. The van der Waals surface area contributed by atoms with Crippen LogP contribution in [-0.2, 0) is 5.41 Å². The van der Waals surface area contributed by atoms with Gasteiger partial charge in [0.05, 0.1) is 11.4 Å². The third kappa shape index (κ3) is 3.36. The maximum absolute atomic E-state index is 13.2. The van der Waals surface area contributed by atoms with Gasteiger partial charge in [0.2, 0.25) is 0 Å². The molecule has 1 heterocycles. The van der Waals surface area contributed by atoms with Crippen molar-refractivity contribution in [2.45, 2.75) is 51.4 Å². The highest BCUT2D eigenvalue weighted by Crippen LogP contribution is 2.40. The molecule has 0 unspecified atom stereocenters. The van der Waals surface area contributed by atoms with Crippen molar-refractivity contribution in [3.8, 4) is 11.3 Å². The fourth-order valence-corrected chi connectivity index (χ4v) is 3.49. The topological polar surface area (TPSA) is 12.9 Å². The Morgan fingerprint density at radius 3 is 2.35 bits per heavy atom. The number of halogens is 1. The summed E-state index contributed by atoms with van der Waals surface area (Å²) in [5, 5.41) is 0. The summed E-state index contributed by atoms with van der Waals surface area (Å²) in [6.07, 6.45) is 6.34. The molecule has 0 spiro atoms. The predicted octanol–water partition coefficient (Wildman–Crippen LogP) is 6.14. The average molecular weight is 309 g/mol. The largest absolute Gasteiger partial charge is 0.248 e. The molecule has 1 nitrogen and oxygen atoms in total. The molecule has 120 valence electrons. The van der Waals surface area contributed by atoms with Crippen molar-refractivity contribution in [1.29, 1.82) is 0 Å². The van der Waals surface area contributed by atoms with Crippen molar-refractivity contribution < 1.29 is 4.39 Å². The van der Waals surface area contributed by atoms with Gasteiger partial charge in [-0.15, -0.1) is 0 Å². The Bertz CT molecular complexity index is 709. The molecule has 23 heavy (non-hydrogen) atoms. The first kappa shape index (κ1) is 15.9. The Kier molecular flexibility index (Phi) is 4.34. The predicted molar refractivity (Wildman–Crippen MR) is 94.8 cm³/mol. The number of rotatable bonds is 3. The van der Waals surface area contributed by atoms with Crippen molar-refractivity contribution >= 4 is 5.57 Å². The molecular weight excluding hydrogens is 285 g/mol. The second-order valence-corrected chi connectivity index (χ2v) is 7.03. The zero-order chi connectivity index (χ0) is 16.4. The minimum absolute atomic E-state index is 0.209. The molecule has 2 aromatic rings. The summed E-state index contributed by atoms with van der Waals surface area (Å²) in [5.74, 6) is -0.218. The summed E-state index contributed by atoms with van der Waals surface area (Å²) in [6.45, 7) is 8.41. The zero-order valence-corrected chi connectivity index (χ0v) is 14.0. The quantitative estimate of drug-likeness (QED) is 0.663. The van der Waals surface area contributed by atoms with Crippen LogP contribution in [0.4, 0.5) is 4.39 Å². The van der Waals surface area contributed by atoms with E-state index in [1.807, 2.05) is 6.92 Å². The first-order chi connectivity index (χ1) is 11.0. The van der Waals surface area contributed by atoms with Gasteiger partial charge in [-0.1, -0.05) is 32.8 Å². The lowest BCUT2D eigenvalue weighted by Crippen LogP contribution is -2.25. The molecule has 1 aromatic carbocycles. The lowest BCUT2D eigenvalue weighted by molar-refractivity contribution is 0.319. The van der Waals surface area contributed by atoms with Gasteiger partial charge in [-0.05, 0) is 72.7 Å². The van der Waals surface area contributed by atoms with Crippen molar-refractivity contribution in [3.05, 3.63) is 60.1 Å². The van der Waals surface area contributed by atoms with E-state index in [0.717, 1.165) is 22.5 Å². The fraction of sp³-hybridized carbons (Fsp3) is 0.381. The number of hydrogen-bond acceptors (Lipinski definition) is 1. The standard InChI is InChI=1S/C21H24FN/c1-15(2)19-13-17(21(3)11-5-4-6-12-21)14-20(23-19)16-7-9-18(22)10-8-16/h7-10,13-14H,1,4-6,11-12H2,2-3H3. The maximum atomic E-state index is 13.2. The highest BCUT2D eigenvalue weighted by Gasteiger charge is 2.29. The van der Waals surface area contributed by atoms with Gasteiger partial charge in [-0.2, -0.15) is 0 Å². The molecule has 0 saturated heterocycles. The second-order valence-electron chi connectivity index (χ2n) is 7.03. The lowest BCUT2D eigenvalue weighted by atomic mass is 9.71. The van der Waals surface area contributed by atoms with Gasteiger partial charge in [0.1, 0.15) is 5.82 Å². The van der Waals surface area contributed by atoms with Crippen LogP contribution in [0.25, 0.3) is 16.8 Å². The third-order valence-electron chi connectivity index (χ3n) is 5.06. The first-order valence-electron chi connectivity index (χ1n) is 8.42. The molecule has 0 aliphatic heterocycles. The maximum Gasteiger partial charge on any atom is 0.123 e. The zero-order valence-electron chi connectivity index (χ0n) is 14.0. The fourth-order valence-electron chi connectivity index (χ4n) is 3.49. The molecule has 1 aliphatic carbocycles. The number of hydrogen-bond donors (Lipinski definition) is 0. The Hall–Kier alpha value is -1.96. The van der Waals surface area contributed by atoms with Crippen LogP contribution in [0.3, 0.4) is 0 Å². The summed E-state index contributed by atoms with van der Waals surface area (Å²) in [7, 11) is 0. The number of aromatic nitrogens is 1. The molecule has 0 atom stereocenters. The smallest absolute Gasteiger partial charge is 0.123 e. The van der Waals surface area contributed by atoms with Crippen molar-refractivity contribution in [1.82, 2.24) is 4.98 Å². The monoisotopic (exact) mass is 309 g/mol. The Morgan fingerprint density at radius 2 is 1.74 bits per heavy atom. The van der Waals surface area contributed by atoms with Crippen LogP contribution >= 0.6 is 0 Å². The van der Waals surface area contributed by atoms with E-state index in [1.54, 1.807) is 12.1 Å². The highest BCUT2D eigenvalue weighted by atomic mass is 19.1. The number of benzene rings is 1. The lowest BCUT2D eigenvalue weighted by Gasteiger charge is -2.34. The van der Waals surface area contributed by atoms with Crippen LogP contribution in [0.1, 0.15) is 57.2 Å². The van der Waals surface area contributed by atoms with Crippen LogP contribution < -0.4 is 0 Å². The summed E-state index contributed by atoms with van der Waals surface area (Å²) in [6, 6.07) is 11.0. The van der Waals surface area contributed by atoms with E-state index in [4.69, 9.17) is 4.98 Å². The van der Waals surface area contributed by atoms with Gasteiger partial charge >= 0.3 is 0 Å². The number of nitrogens with zero attached hydrogens (tertiary/aromatic N) is 1. The molecule has 0 amide bonds. The van der Waals surface area contributed by atoms with Gasteiger partial charge in [0.15, 0.2) is 0 Å². The Labute approximate surface area is 138 Å². The number of allylic oxidation sites excluding steroid dienone is 1. The molecule has 2 heteroatoms. The first-order valence-corrected chi connectivity index (χ1v) is 8.42. The highest BCUT2D eigenvalue weighted by molar-refractivity contribution is 5.66. The van der Waals surface area contributed by atoms with Crippen LogP contribution in [0, 0.1) is 5.82 Å².